The highest BCUT2D eigenvalue weighted by atomic mass is 32.2. The standard InChI is InChI=1S/C31H27N3O6S2/c1-3-40-22-15-18(11-14-21(22)35)24-25-26(29(38)34(28(25)37)20-12-9-17(2)10-13-20)41-30-27(24)42-31(39)33(30)16-23(36)32-19-7-5-4-6-8-19/h4-15,24-26,35H,3,16H2,1-2H3,(H,32,36). The first-order valence-corrected chi connectivity index (χ1v) is 15.1. The summed E-state index contributed by atoms with van der Waals surface area (Å²) in [6.45, 7) is 3.78. The van der Waals surface area contributed by atoms with Gasteiger partial charge in [-0.25, -0.2) is 4.90 Å². The number of phenolic OH excluding ortho intramolecular Hbond substituents is 1. The van der Waals surface area contributed by atoms with Gasteiger partial charge in [0.15, 0.2) is 11.5 Å². The Labute approximate surface area is 249 Å². The number of nitrogens with zero attached hydrogens (tertiary/aromatic N) is 2. The maximum atomic E-state index is 14.0. The van der Waals surface area contributed by atoms with Crippen LogP contribution in [0.1, 0.15) is 28.8 Å². The second-order valence-electron chi connectivity index (χ2n) is 10.1. The molecule has 0 radical (unpaired) electrons. The molecule has 2 aliphatic rings. The van der Waals surface area contributed by atoms with Crippen molar-refractivity contribution in [2.24, 2.45) is 5.92 Å². The molecule has 3 unspecified atom stereocenters. The number of hydrogen-bond donors (Lipinski definition) is 2. The van der Waals surface area contributed by atoms with Crippen LogP contribution in [0.3, 0.4) is 0 Å². The molecule has 0 saturated carbocycles. The molecule has 42 heavy (non-hydrogen) atoms. The smallest absolute Gasteiger partial charge is 0.308 e. The van der Waals surface area contributed by atoms with E-state index >= 15 is 0 Å². The third kappa shape index (κ3) is 4.88. The highest BCUT2D eigenvalue weighted by molar-refractivity contribution is 8.00. The molecule has 1 saturated heterocycles. The number of aromatic hydroxyl groups is 1. The van der Waals surface area contributed by atoms with E-state index in [0.29, 0.717) is 33.4 Å². The van der Waals surface area contributed by atoms with E-state index in [0.717, 1.165) is 28.7 Å². The molecule has 3 heterocycles. The van der Waals surface area contributed by atoms with Crippen LogP contribution in [-0.2, 0) is 20.9 Å². The van der Waals surface area contributed by atoms with E-state index in [4.69, 9.17) is 4.74 Å². The number of thioether (sulfide) groups is 1. The number of aromatic nitrogens is 1. The molecule has 9 nitrogen and oxygen atoms in total. The topological polar surface area (TPSA) is 118 Å². The zero-order chi connectivity index (χ0) is 29.5. The number of rotatable bonds is 7. The summed E-state index contributed by atoms with van der Waals surface area (Å²) >= 11 is 2.12. The lowest BCUT2D eigenvalue weighted by Crippen LogP contribution is -2.33. The Bertz CT molecular complexity index is 1750. The van der Waals surface area contributed by atoms with Gasteiger partial charge >= 0.3 is 4.87 Å². The zero-order valence-corrected chi connectivity index (χ0v) is 24.4. The lowest BCUT2D eigenvalue weighted by molar-refractivity contribution is -0.122. The Balaban J connectivity index is 1.44. The zero-order valence-electron chi connectivity index (χ0n) is 22.8. The van der Waals surface area contributed by atoms with Gasteiger partial charge in [-0.05, 0) is 55.8 Å². The van der Waals surface area contributed by atoms with Crippen LogP contribution in [0.15, 0.2) is 82.6 Å². The van der Waals surface area contributed by atoms with Crippen molar-refractivity contribution in [2.45, 2.75) is 36.6 Å². The van der Waals surface area contributed by atoms with Crippen LogP contribution in [0.5, 0.6) is 11.5 Å². The summed E-state index contributed by atoms with van der Waals surface area (Å²) in [6, 6.07) is 20.9. The monoisotopic (exact) mass is 601 g/mol. The van der Waals surface area contributed by atoms with Crippen molar-refractivity contribution in [3.8, 4) is 11.5 Å². The molecule has 11 heteroatoms. The quantitative estimate of drug-likeness (QED) is 0.294. The molecule has 3 amide bonds. The molecule has 0 aliphatic carbocycles. The molecule has 3 aromatic carbocycles. The Morgan fingerprint density at radius 2 is 1.74 bits per heavy atom. The first kappa shape index (κ1) is 27.8. The van der Waals surface area contributed by atoms with Gasteiger partial charge in [0, 0.05) is 16.5 Å². The highest BCUT2D eigenvalue weighted by Gasteiger charge is 2.57. The SMILES string of the molecule is CCOc1cc(C2c3sc(=O)n(CC(=O)Nc4ccccc4)c3SC3C(=O)N(c4ccc(C)cc4)C(=O)C32)ccc1O. The van der Waals surface area contributed by atoms with Gasteiger partial charge in [-0.2, -0.15) is 0 Å². The van der Waals surface area contributed by atoms with Crippen molar-refractivity contribution in [1.29, 1.82) is 0 Å². The molecular formula is C31H27N3O6S2. The largest absolute Gasteiger partial charge is 0.504 e. The third-order valence-electron chi connectivity index (χ3n) is 7.34. The van der Waals surface area contributed by atoms with E-state index in [9.17, 15) is 24.3 Å². The molecule has 1 aromatic heterocycles. The van der Waals surface area contributed by atoms with Crippen LogP contribution in [0.4, 0.5) is 11.4 Å². The number of ether oxygens (including phenoxy) is 1. The highest BCUT2D eigenvalue weighted by Crippen LogP contribution is 2.54. The van der Waals surface area contributed by atoms with E-state index in [1.54, 1.807) is 55.5 Å². The van der Waals surface area contributed by atoms with E-state index in [-0.39, 0.29) is 40.6 Å². The number of imide groups is 1. The molecular weight excluding hydrogens is 574 g/mol. The van der Waals surface area contributed by atoms with Crippen molar-refractivity contribution in [3.05, 3.63) is 98.5 Å². The number of carbonyl (C=O) groups is 3. The number of fused-ring (bicyclic) bond motifs is 2. The molecule has 3 atom stereocenters. The summed E-state index contributed by atoms with van der Waals surface area (Å²) in [7, 11) is 0. The normalized spacial score (nSPS) is 19.4. The van der Waals surface area contributed by atoms with Crippen LogP contribution in [-0.4, -0.2) is 39.3 Å². The Morgan fingerprint density at radius 3 is 2.45 bits per heavy atom. The first-order chi connectivity index (χ1) is 20.3. The number of nitrogens with one attached hydrogen (secondary N) is 1. The fourth-order valence-corrected chi connectivity index (χ4v) is 8.20. The number of aryl methyl sites for hydroxylation is 1. The van der Waals surface area contributed by atoms with Crippen molar-refractivity contribution < 1.29 is 24.2 Å². The first-order valence-electron chi connectivity index (χ1n) is 13.4. The van der Waals surface area contributed by atoms with Gasteiger partial charge < -0.3 is 15.2 Å². The summed E-state index contributed by atoms with van der Waals surface area (Å²) in [5.41, 5.74) is 2.70. The number of hydrogen-bond acceptors (Lipinski definition) is 8. The van der Waals surface area contributed by atoms with Gasteiger partial charge in [-0.3, -0.25) is 23.7 Å². The van der Waals surface area contributed by atoms with E-state index in [1.165, 1.54) is 15.5 Å². The van der Waals surface area contributed by atoms with E-state index in [1.807, 2.05) is 25.1 Å². The minimum Gasteiger partial charge on any atom is -0.504 e. The number of para-hydroxylation sites is 1. The Morgan fingerprint density at radius 1 is 1.00 bits per heavy atom. The van der Waals surface area contributed by atoms with Gasteiger partial charge in [0.2, 0.25) is 17.7 Å². The molecule has 214 valence electrons. The van der Waals surface area contributed by atoms with Gasteiger partial charge in [0.1, 0.15) is 11.8 Å². The number of phenols is 1. The van der Waals surface area contributed by atoms with Crippen molar-refractivity contribution in [3.63, 3.8) is 0 Å². The fourth-order valence-electron chi connectivity index (χ4n) is 5.42. The van der Waals surface area contributed by atoms with Gasteiger partial charge in [-0.15, -0.1) is 0 Å². The van der Waals surface area contributed by atoms with Gasteiger partial charge in [0.25, 0.3) is 0 Å². The molecule has 2 aliphatic heterocycles. The number of benzene rings is 3. The number of thiazole rings is 1. The van der Waals surface area contributed by atoms with Crippen LogP contribution in [0, 0.1) is 12.8 Å². The lowest BCUT2D eigenvalue weighted by atomic mass is 9.83. The average Bonchev–Trinajstić information content (AvgIpc) is 3.41. The molecule has 0 spiro atoms. The van der Waals surface area contributed by atoms with E-state index in [2.05, 4.69) is 5.32 Å². The lowest BCUT2D eigenvalue weighted by Gasteiger charge is -2.31. The maximum absolute atomic E-state index is 14.0. The number of anilines is 2. The summed E-state index contributed by atoms with van der Waals surface area (Å²) in [5, 5.41) is 12.8. The Hall–Kier alpha value is -4.35. The molecule has 0 bridgehead atoms. The molecule has 4 aromatic rings. The fraction of sp³-hybridized carbons (Fsp3) is 0.226. The third-order valence-corrected chi connectivity index (χ3v) is 9.95. The number of carbonyl (C=O) groups excluding carboxylic acids is 3. The summed E-state index contributed by atoms with van der Waals surface area (Å²) < 4.78 is 7.00. The second kappa shape index (κ2) is 11.1. The van der Waals surface area contributed by atoms with Crippen molar-refractivity contribution in [1.82, 2.24) is 4.57 Å². The minimum atomic E-state index is -0.821. The average molecular weight is 602 g/mol. The van der Waals surface area contributed by atoms with Crippen LogP contribution >= 0.6 is 23.1 Å². The van der Waals surface area contributed by atoms with Crippen molar-refractivity contribution >= 4 is 52.2 Å². The predicted octanol–water partition coefficient (Wildman–Crippen LogP) is 4.76. The molecule has 6 rings (SSSR count). The molecule has 1 fully saturated rings. The van der Waals surface area contributed by atoms with Crippen LogP contribution in [0.2, 0.25) is 0 Å². The van der Waals surface area contributed by atoms with Crippen LogP contribution in [0.25, 0.3) is 0 Å². The molecule has 2 N–H and O–H groups in total. The van der Waals surface area contributed by atoms with Gasteiger partial charge in [-0.1, -0.05) is 65.1 Å². The summed E-state index contributed by atoms with van der Waals surface area (Å²) in [4.78, 5) is 55.7. The summed E-state index contributed by atoms with van der Waals surface area (Å²) in [6.07, 6.45) is 0. The Kier molecular flexibility index (Phi) is 7.38. The maximum Gasteiger partial charge on any atom is 0.308 e. The predicted molar refractivity (Wildman–Crippen MR) is 162 cm³/mol. The van der Waals surface area contributed by atoms with E-state index < -0.39 is 17.1 Å². The minimum absolute atomic E-state index is 0.0546. The number of amides is 3. The van der Waals surface area contributed by atoms with Gasteiger partial charge in [0.05, 0.1) is 23.2 Å². The second-order valence-corrected chi connectivity index (χ2v) is 12.2. The van der Waals surface area contributed by atoms with Crippen molar-refractivity contribution in [2.75, 3.05) is 16.8 Å². The summed E-state index contributed by atoms with van der Waals surface area (Å²) in [5.74, 6) is -2.42. The van der Waals surface area contributed by atoms with Crippen LogP contribution < -0.4 is 19.8 Å².